The zero-order chi connectivity index (χ0) is 14.3. The fourth-order valence-electron chi connectivity index (χ4n) is 3.00. The first-order chi connectivity index (χ1) is 9.54. The minimum Gasteiger partial charge on any atom is -0.392 e. The van der Waals surface area contributed by atoms with Crippen molar-refractivity contribution in [3.8, 4) is 0 Å². The lowest BCUT2D eigenvalue weighted by atomic mass is 9.87. The topological polar surface area (TPSA) is 38.0 Å². The van der Waals surface area contributed by atoms with E-state index in [1.54, 1.807) is 4.68 Å². The van der Waals surface area contributed by atoms with Gasteiger partial charge in [-0.25, -0.2) is 0 Å². The summed E-state index contributed by atoms with van der Waals surface area (Å²) in [6, 6.07) is 10.3. The van der Waals surface area contributed by atoms with E-state index in [0.717, 1.165) is 24.2 Å². The summed E-state index contributed by atoms with van der Waals surface area (Å²) >= 11 is 6.28. The second kappa shape index (κ2) is 4.90. The van der Waals surface area contributed by atoms with Gasteiger partial charge >= 0.3 is 0 Å². The number of rotatable bonds is 4. The Bertz CT molecular complexity index is 617. The molecule has 1 aliphatic rings. The molecular formula is C16H19ClN2O. The highest BCUT2D eigenvalue weighted by Crippen LogP contribution is 2.51. The molecule has 0 amide bonds. The highest BCUT2D eigenvalue weighted by Gasteiger charge is 2.50. The maximum atomic E-state index is 10.7. The van der Waals surface area contributed by atoms with E-state index in [0.29, 0.717) is 11.4 Å². The first kappa shape index (κ1) is 13.7. The number of hydrogen-bond acceptors (Lipinski definition) is 2. The minimum atomic E-state index is -0.419. The molecule has 1 aromatic heterocycles. The lowest BCUT2D eigenvalue weighted by molar-refractivity contribution is 0.129. The second-order valence-electron chi connectivity index (χ2n) is 5.71. The van der Waals surface area contributed by atoms with Gasteiger partial charge in [0.2, 0.25) is 0 Å². The second-order valence-corrected chi connectivity index (χ2v) is 6.09. The van der Waals surface area contributed by atoms with Crippen molar-refractivity contribution < 1.29 is 5.11 Å². The molecule has 0 saturated heterocycles. The number of nitrogens with zero attached hydrogens (tertiary/aromatic N) is 2. The van der Waals surface area contributed by atoms with Crippen molar-refractivity contribution in [3.05, 3.63) is 52.3 Å². The van der Waals surface area contributed by atoms with E-state index in [4.69, 9.17) is 11.6 Å². The van der Waals surface area contributed by atoms with Crippen LogP contribution in [0.2, 0.25) is 5.02 Å². The fourth-order valence-corrected chi connectivity index (χ4v) is 3.24. The SMILES string of the molecule is Cc1nn(C)c(CC(O)C2(c3ccccc3)CC2)c1Cl. The third-order valence-corrected chi connectivity index (χ3v) is 4.92. The van der Waals surface area contributed by atoms with E-state index in [-0.39, 0.29) is 5.41 Å². The molecule has 1 aromatic carbocycles. The van der Waals surface area contributed by atoms with Gasteiger partial charge in [-0.1, -0.05) is 41.9 Å². The average molecular weight is 291 g/mol. The monoisotopic (exact) mass is 290 g/mol. The summed E-state index contributed by atoms with van der Waals surface area (Å²) in [4.78, 5) is 0. The van der Waals surface area contributed by atoms with Crippen molar-refractivity contribution in [2.24, 2.45) is 7.05 Å². The Hall–Kier alpha value is -1.32. The molecule has 20 heavy (non-hydrogen) atoms. The number of aliphatic hydroxyl groups is 1. The summed E-state index contributed by atoms with van der Waals surface area (Å²) in [5, 5.41) is 15.7. The molecule has 1 aliphatic carbocycles. The standard InChI is InChI=1S/C16H19ClN2O/c1-11-15(17)13(19(2)18-11)10-14(20)16(8-9-16)12-6-4-3-5-7-12/h3-7,14,20H,8-10H2,1-2H3. The Labute approximate surface area is 124 Å². The molecule has 3 nitrogen and oxygen atoms in total. The summed E-state index contributed by atoms with van der Waals surface area (Å²) < 4.78 is 1.78. The van der Waals surface area contributed by atoms with Crippen LogP contribution in [0.4, 0.5) is 0 Å². The van der Waals surface area contributed by atoms with Gasteiger partial charge in [0, 0.05) is 18.9 Å². The van der Waals surface area contributed by atoms with Gasteiger partial charge in [-0.2, -0.15) is 5.10 Å². The summed E-state index contributed by atoms with van der Waals surface area (Å²) in [7, 11) is 1.88. The molecule has 1 fully saturated rings. The van der Waals surface area contributed by atoms with Gasteiger partial charge < -0.3 is 5.11 Å². The van der Waals surface area contributed by atoms with Gasteiger partial charge in [-0.15, -0.1) is 0 Å². The average Bonchev–Trinajstić information content (AvgIpc) is 3.22. The van der Waals surface area contributed by atoms with Crippen LogP contribution >= 0.6 is 11.6 Å². The van der Waals surface area contributed by atoms with Crippen molar-refractivity contribution in [1.29, 1.82) is 0 Å². The molecule has 1 atom stereocenters. The first-order valence-corrected chi connectivity index (χ1v) is 7.34. The van der Waals surface area contributed by atoms with Gasteiger partial charge in [0.25, 0.3) is 0 Å². The molecule has 1 unspecified atom stereocenters. The number of aryl methyl sites for hydroxylation is 2. The summed E-state index contributed by atoms with van der Waals surface area (Å²) in [5.41, 5.74) is 2.87. The molecule has 0 aliphatic heterocycles. The summed E-state index contributed by atoms with van der Waals surface area (Å²) in [6.45, 7) is 1.89. The van der Waals surface area contributed by atoms with Crippen LogP contribution in [0.15, 0.2) is 30.3 Å². The minimum absolute atomic E-state index is 0.0945. The van der Waals surface area contributed by atoms with Crippen LogP contribution in [0.5, 0.6) is 0 Å². The fraction of sp³-hybridized carbons (Fsp3) is 0.438. The van der Waals surface area contributed by atoms with Crippen LogP contribution in [0.1, 0.15) is 29.8 Å². The molecule has 1 saturated carbocycles. The van der Waals surface area contributed by atoms with Crippen molar-refractivity contribution in [3.63, 3.8) is 0 Å². The first-order valence-electron chi connectivity index (χ1n) is 6.96. The highest BCUT2D eigenvalue weighted by molar-refractivity contribution is 6.31. The van der Waals surface area contributed by atoms with Crippen LogP contribution in [-0.2, 0) is 18.9 Å². The van der Waals surface area contributed by atoms with Gasteiger partial charge in [-0.3, -0.25) is 4.68 Å². The lowest BCUT2D eigenvalue weighted by Crippen LogP contribution is -2.29. The largest absolute Gasteiger partial charge is 0.392 e. The van der Waals surface area contributed by atoms with E-state index in [1.165, 1.54) is 5.56 Å². The molecule has 1 N–H and O–H groups in total. The normalized spacial score (nSPS) is 18.0. The quantitative estimate of drug-likeness (QED) is 0.940. The van der Waals surface area contributed by atoms with Crippen molar-refractivity contribution in [2.45, 2.75) is 37.7 Å². The predicted molar refractivity (Wildman–Crippen MR) is 80.0 cm³/mol. The van der Waals surface area contributed by atoms with Crippen LogP contribution in [-0.4, -0.2) is 21.0 Å². The molecule has 3 rings (SSSR count). The lowest BCUT2D eigenvalue weighted by Gasteiger charge is -2.23. The van der Waals surface area contributed by atoms with Gasteiger partial charge in [0.15, 0.2) is 0 Å². The predicted octanol–water partition coefficient (Wildman–Crippen LogP) is 3.02. The van der Waals surface area contributed by atoms with Crippen LogP contribution in [0.25, 0.3) is 0 Å². The molecule has 106 valence electrons. The number of hydrogen-bond donors (Lipinski definition) is 1. The molecular weight excluding hydrogens is 272 g/mol. The Morgan fingerprint density at radius 3 is 2.50 bits per heavy atom. The third-order valence-electron chi connectivity index (χ3n) is 4.42. The Morgan fingerprint density at radius 2 is 2.00 bits per heavy atom. The van der Waals surface area contributed by atoms with Gasteiger partial charge in [0.1, 0.15) is 0 Å². The number of halogens is 1. The number of aliphatic hydroxyl groups excluding tert-OH is 1. The van der Waals surface area contributed by atoms with Gasteiger partial charge in [0.05, 0.1) is 22.5 Å². The number of aromatic nitrogens is 2. The van der Waals surface area contributed by atoms with E-state index in [2.05, 4.69) is 17.2 Å². The van der Waals surface area contributed by atoms with Gasteiger partial charge in [-0.05, 0) is 25.3 Å². The van der Waals surface area contributed by atoms with E-state index in [1.807, 2.05) is 32.2 Å². The molecule has 0 bridgehead atoms. The highest BCUT2D eigenvalue weighted by atomic mass is 35.5. The third kappa shape index (κ3) is 2.15. The zero-order valence-corrected chi connectivity index (χ0v) is 12.6. The van der Waals surface area contributed by atoms with E-state index < -0.39 is 6.10 Å². The summed E-state index contributed by atoms with van der Waals surface area (Å²) in [6.07, 6.45) is 2.20. The van der Waals surface area contributed by atoms with E-state index >= 15 is 0 Å². The van der Waals surface area contributed by atoms with Crippen LogP contribution < -0.4 is 0 Å². The maximum absolute atomic E-state index is 10.7. The van der Waals surface area contributed by atoms with Crippen molar-refractivity contribution >= 4 is 11.6 Å². The number of benzene rings is 1. The molecule has 1 heterocycles. The van der Waals surface area contributed by atoms with Crippen LogP contribution in [0.3, 0.4) is 0 Å². The summed E-state index contributed by atoms with van der Waals surface area (Å²) in [5.74, 6) is 0. The smallest absolute Gasteiger partial charge is 0.0847 e. The van der Waals surface area contributed by atoms with Crippen molar-refractivity contribution in [1.82, 2.24) is 9.78 Å². The molecule has 2 aromatic rings. The van der Waals surface area contributed by atoms with Crippen molar-refractivity contribution in [2.75, 3.05) is 0 Å². The molecule has 4 heteroatoms. The Balaban J connectivity index is 1.85. The maximum Gasteiger partial charge on any atom is 0.0847 e. The molecule has 0 spiro atoms. The van der Waals surface area contributed by atoms with Crippen LogP contribution in [0, 0.1) is 6.92 Å². The van der Waals surface area contributed by atoms with E-state index in [9.17, 15) is 5.11 Å². The Morgan fingerprint density at radius 1 is 1.35 bits per heavy atom. The Kier molecular flexibility index (Phi) is 3.35. The molecule has 0 radical (unpaired) electrons. The zero-order valence-electron chi connectivity index (χ0n) is 11.8.